The minimum atomic E-state index is -4.57. The summed E-state index contributed by atoms with van der Waals surface area (Å²) in [5.74, 6) is -0.735. The molecule has 0 saturated carbocycles. The van der Waals surface area contributed by atoms with Crippen LogP contribution in [0.2, 0.25) is 0 Å². The number of amides is 2. The van der Waals surface area contributed by atoms with Gasteiger partial charge in [0.15, 0.2) is 0 Å². The van der Waals surface area contributed by atoms with Gasteiger partial charge in [0.2, 0.25) is 0 Å². The molecule has 0 atom stereocenters. The van der Waals surface area contributed by atoms with E-state index in [9.17, 15) is 22.8 Å². The monoisotopic (exact) mass is 403 g/mol. The Bertz CT molecular complexity index is 1110. The fourth-order valence-electron chi connectivity index (χ4n) is 3.53. The van der Waals surface area contributed by atoms with Crippen LogP contribution in [0.3, 0.4) is 0 Å². The van der Waals surface area contributed by atoms with Crippen molar-refractivity contribution in [3.63, 3.8) is 0 Å². The summed E-state index contributed by atoms with van der Waals surface area (Å²) in [6, 6.07) is 5.43. The number of carbonyl (C=O) groups is 2. The number of hydrogen-bond donors (Lipinski definition) is 1. The standard InChI is InChI=1S/C19H16F3N5O2/c1-23-17(28)15-12-3-2-6-24-16(12)27-8-7-26(10-13(15)27)18(29)11-4-5-14(25-9-11)19(20,21)22/h2-6,9H,7-8,10H2,1H3,(H,23,28). The molecular formula is C19H16F3N5O2. The first-order valence-electron chi connectivity index (χ1n) is 8.82. The highest BCUT2D eigenvalue weighted by Crippen LogP contribution is 2.30. The zero-order chi connectivity index (χ0) is 20.8. The molecule has 150 valence electrons. The largest absolute Gasteiger partial charge is 0.433 e. The highest BCUT2D eigenvalue weighted by molar-refractivity contribution is 6.07. The number of rotatable bonds is 2. The topological polar surface area (TPSA) is 80.1 Å². The van der Waals surface area contributed by atoms with Crippen molar-refractivity contribution in [2.24, 2.45) is 0 Å². The first kappa shape index (κ1) is 18.9. The van der Waals surface area contributed by atoms with Crippen LogP contribution in [0, 0.1) is 0 Å². The number of fused-ring (bicyclic) bond motifs is 3. The van der Waals surface area contributed by atoms with E-state index in [2.05, 4.69) is 15.3 Å². The minimum Gasteiger partial charge on any atom is -0.355 e. The summed E-state index contributed by atoms with van der Waals surface area (Å²) < 4.78 is 40.0. The molecule has 1 aliphatic heterocycles. The Morgan fingerprint density at radius 1 is 1.14 bits per heavy atom. The molecule has 7 nitrogen and oxygen atoms in total. The second kappa shape index (κ2) is 6.87. The maximum absolute atomic E-state index is 12.8. The maximum Gasteiger partial charge on any atom is 0.433 e. The normalized spacial score (nSPS) is 14.0. The van der Waals surface area contributed by atoms with Crippen LogP contribution in [0.15, 0.2) is 36.7 Å². The van der Waals surface area contributed by atoms with Gasteiger partial charge < -0.3 is 14.8 Å². The number of carbonyl (C=O) groups excluding carboxylic acids is 2. The van der Waals surface area contributed by atoms with Gasteiger partial charge >= 0.3 is 6.18 Å². The average molecular weight is 403 g/mol. The van der Waals surface area contributed by atoms with E-state index in [1.165, 1.54) is 11.9 Å². The molecule has 29 heavy (non-hydrogen) atoms. The van der Waals surface area contributed by atoms with Crippen LogP contribution >= 0.6 is 0 Å². The fraction of sp³-hybridized carbons (Fsp3) is 0.263. The van der Waals surface area contributed by atoms with Gasteiger partial charge in [-0.15, -0.1) is 0 Å². The third-order valence-corrected chi connectivity index (χ3v) is 4.90. The zero-order valence-corrected chi connectivity index (χ0v) is 15.3. The van der Waals surface area contributed by atoms with Crippen molar-refractivity contribution in [1.82, 2.24) is 24.8 Å². The smallest absolute Gasteiger partial charge is 0.355 e. The van der Waals surface area contributed by atoms with E-state index in [1.54, 1.807) is 18.3 Å². The third-order valence-electron chi connectivity index (χ3n) is 4.90. The number of nitrogens with zero attached hydrogens (tertiary/aromatic N) is 4. The summed E-state index contributed by atoms with van der Waals surface area (Å²) in [5.41, 5.74) is 0.739. The first-order valence-corrected chi connectivity index (χ1v) is 8.82. The van der Waals surface area contributed by atoms with Gasteiger partial charge in [-0.2, -0.15) is 13.2 Å². The van der Waals surface area contributed by atoms with Gasteiger partial charge in [-0.1, -0.05) is 0 Å². The molecule has 3 aromatic rings. The summed E-state index contributed by atoms with van der Waals surface area (Å²) in [4.78, 5) is 34.5. The molecule has 0 bridgehead atoms. The second-order valence-corrected chi connectivity index (χ2v) is 6.58. The van der Waals surface area contributed by atoms with Crippen molar-refractivity contribution in [2.75, 3.05) is 13.6 Å². The summed E-state index contributed by atoms with van der Waals surface area (Å²) in [7, 11) is 1.52. The summed E-state index contributed by atoms with van der Waals surface area (Å²) in [6.45, 7) is 0.888. The van der Waals surface area contributed by atoms with Gasteiger partial charge in [0, 0.05) is 37.9 Å². The molecule has 2 amide bonds. The van der Waals surface area contributed by atoms with Gasteiger partial charge in [-0.25, -0.2) is 4.98 Å². The Kier molecular flexibility index (Phi) is 4.48. The molecule has 4 rings (SSSR count). The predicted octanol–water partition coefficient (Wildman–Crippen LogP) is 2.47. The lowest BCUT2D eigenvalue weighted by Crippen LogP contribution is -2.39. The molecule has 3 aromatic heterocycles. The molecule has 0 spiro atoms. The second-order valence-electron chi connectivity index (χ2n) is 6.58. The lowest BCUT2D eigenvalue weighted by Gasteiger charge is -2.29. The Hall–Kier alpha value is -3.43. The van der Waals surface area contributed by atoms with Gasteiger partial charge in [-0.3, -0.25) is 14.6 Å². The molecule has 0 saturated heterocycles. The summed E-state index contributed by atoms with van der Waals surface area (Å²) in [6.07, 6.45) is -2.01. The molecule has 1 N–H and O–H groups in total. The molecule has 0 fully saturated rings. The Morgan fingerprint density at radius 3 is 2.59 bits per heavy atom. The van der Waals surface area contributed by atoms with Crippen molar-refractivity contribution in [3.8, 4) is 0 Å². The molecule has 0 aromatic carbocycles. The predicted molar refractivity (Wildman–Crippen MR) is 97.1 cm³/mol. The molecule has 1 aliphatic rings. The van der Waals surface area contributed by atoms with Crippen LogP contribution in [0.4, 0.5) is 13.2 Å². The molecule has 10 heteroatoms. The highest BCUT2D eigenvalue weighted by atomic mass is 19.4. The Balaban J connectivity index is 1.68. The van der Waals surface area contributed by atoms with Crippen LogP contribution in [0.1, 0.15) is 32.1 Å². The fourth-order valence-corrected chi connectivity index (χ4v) is 3.53. The molecule has 4 heterocycles. The van der Waals surface area contributed by atoms with Gasteiger partial charge in [-0.05, 0) is 24.3 Å². The molecule has 0 aliphatic carbocycles. The number of nitrogens with one attached hydrogen (secondary N) is 1. The number of alkyl halides is 3. The number of aromatic nitrogens is 3. The first-order chi connectivity index (χ1) is 13.8. The van der Waals surface area contributed by atoms with Crippen LogP contribution in [-0.4, -0.2) is 44.8 Å². The SMILES string of the molecule is CNC(=O)c1c2n(c3ncccc13)CCN(C(=O)c1ccc(C(F)(F)F)nc1)C2. The van der Waals surface area contributed by atoms with Crippen molar-refractivity contribution in [3.05, 3.63) is 59.2 Å². The van der Waals surface area contributed by atoms with Crippen LogP contribution in [0.25, 0.3) is 11.0 Å². The van der Waals surface area contributed by atoms with Gasteiger partial charge in [0.25, 0.3) is 11.8 Å². The molecule has 0 unspecified atom stereocenters. The van der Waals surface area contributed by atoms with E-state index in [0.29, 0.717) is 35.4 Å². The molecule has 0 radical (unpaired) electrons. The van der Waals surface area contributed by atoms with Crippen LogP contribution in [0.5, 0.6) is 0 Å². The van der Waals surface area contributed by atoms with Gasteiger partial charge in [0.05, 0.1) is 23.4 Å². The number of pyridine rings is 2. The quantitative estimate of drug-likeness (QED) is 0.713. The lowest BCUT2D eigenvalue weighted by molar-refractivity contribution is -0.141. The van der Waals surface area contributed by atoms with Crippen molar-refractivity contribution < 1.29 is 22.8 Å². The Labute approximate surface area is 163 Å². The average Bonchev–Trinajstić information content (AvgIpc) is 3.06. The minimum absolute atomic E-state index is 0.0576. The van der Waals surface area contributed by atoms with Crippen LogP contribution in [-0.2, 0) is 19.3 Å². The lowest BCUT2D eigenvalue weighted by atomic mass is 10.1. The van der Waals surface area contributed by atoms with E-state index >= 15 is 0 Å². The number of halogens is 3. The number of hydrogen-bond acceptors (Lipinski definition) is 4. The zero-order valence-electron chi connectivity index (χ0n) is 15.3. The summed E-state index contributed by atoms with van der Waals surface area (Å²) >= 11 is 0. The Morgan fingerprint density at radius 2 is 1.93 bits per heavy atom. The van der Waals surface area contributed by atoms with Crippen LogP contribution < -0.4 is 5.32 Å². The van der Waals surface area contributed by atoms with E-state index < -0.39 is 17.8 Å². The van der Waals surface area contributed by atoms with Crippen molar-refractivity contribution in [1.29, 1.82) is 0 Å². The van der Waals surface area contributed by atoms with E-state index in [-0.39, 0.29) is 18.0 Å². The molecular weight excluding hydrogens is 387 g/mol. The maximum atomic E-state index is 12.8. The van der Waals surface area contributed by atoms with E-state index in [1.807, 2.05) is 4.57 Å². The summed E-state index contributed by atoms with van der Waals surface area (Å²) in [5, 5.41) is 3.29. The highest BCUT2D eigenvalue weighted by Gasteiger charge is 2.33. The van der Waals surface area contributed by atoms with Crippen molar-refractivity contribution >= 4 is 22.8 Å². The van der Waals surface area contributed by atoms with Crippen molar-refractivity contribution in [2.45, 2.75) is 19.3 Å². The third kappa shape index (κ3) is 3.20. The van der Waals surface area contributed by atoms with E-state index in [4.69, 9.17) is 0 Å². The van der Waals surface area contributed by atoms with Gasteiger partial charge in [0.1, 0.15) is 11.3 Å². The van der Waals surface area contributed by atoms with E-state index in [0.717, 1.165) is 18.3 Å².